The molecule has 1 atom stereocenters. The quantitative estimate of drug-likeness (QED) is 0.809. The number of hydrogen-bond acceptors (Lipinski definition) is 3. The van der Waals surface area contributed by atoms with E-state index in [-0.39, 0.29) is 0 Å². The number of rotatable bonds is 1. The molecule has 1 aliphatic heterocycles. The first kappa shape index (κ1) is 11.2. The third-order valence-electron chi connectivity index (χ3n) is 3.30. The molecule has 0 radical (unpaired) electrons. The molecule has 0 aromatic carbocycles. The zero-order valence-electron chi connectivity index (χ0n) is 9.80. The van der Waals surface area contributed by atoms with Crippen molar-refractivity contribution < 1.29 is 0 Å². The van der Waals surface area contributed by atoms with Gasteiger partial charge in [-0.1, -0.05) is 0 Å². The molecule has 2 aromatic rings. The molecule has 1 fully saturated rings. The molecule has 0 saturated carbocycles. The lowest BCUT2D eigenvalue weighted by Crippen LogP contribution is -2.31. The van der Waals surface area contributed by atoms with Gasteiger partial charge in [0.05, 0.1) is 0 Å². The van der Waals surface area contributed by atoms with Crippen molar-refractivity contribution >= 4 is 21.6 Å². The van der Waals surface area contributed by atoms with Crippen molar-refractivity contribution in [2.45, 2.75) is 18.8 Å². The standard InChI is InChI=1S/C12H15BrN4/c1-16-6-2-3-9(7-16)12-14-11-5-4-10(13)8-17(11)15-12/h4-5,8-9H,2-3,6-7H2,1H3. The van der Waals surface area contributed by atoms with E-state index in [1.807, 2.05) is 22.8 Å². The lowest BCUT2D eigenvalue weighted by molar-refractivity contribution is 0.246. The van der Waals surface area contributed by atoms with Crippen LogP contribution in [0.3, 0.4) is 0 Å². The Labute approximate surface area is 109 Å². The highest BCUT2D eigenvalue weighted by Gasteiger charge is 2.22. The number of hydrogen-bond donors (Lipinski definition) is 0. The number of fused-ring (bicyclic) bond motifs is 1. The van der Waals surface area contributed by atoms with E-state index in [9.17, 15) is 0 Å². The third kappa shape index (κ3) is 2.21. The molecule has 0 amide bonds. The van der Waals surface area contributed by atoms with E-state index >= 15 is 0 Å². The number of piperidine rings is 1. The molecule has 5 heteroatoms. The van der Waals surface area contributed by atoms with Gasteiger partial charge in [0.1, 0.15) is 0 Å². The summed E-state index contributed by atoms with van der Waals surface area (Å²) < 4.78 is 2.89. The van der Waals surface area contributed by atoms with Crippen molar-refractivity contribution in [3.8, 4) is 0 Å². The number of likely N-dealkylation sites (tertiary alicyclic amines) is 1. The minimum Gasteiger partial charge on any atom is -0.306 e. The second kappa shape index (κ2) is 4.38. The number of aromatic nitrogens is 3. The van der Waals surface area contributed by atoms with E-state index in [0.717, 1.165) is 22.5 Å². The fourth-order valence-corrected chi connectivity index (χ4v) is 2.75. The predicted octanol–water partition coefficient (Wildman–Crippen LogP) is 2.30. The maximum atomic E-state index is 4.62. The molecule has 3 rings (SSSR count). The van der Waals surface area contributed by atoms with E-state index in [0.29, 0.717) is 5.92 Å². The van der Waals surface area contributed by atoms with E-state index in [1.54, 1.807) is 0 Å². The lowest BCUT2D eigenvalue weighted by atomic mass is 9.98. The van der Waals surface area contributed by atoms with Crippen LogP contribution in [0.25, 0.3) is 5.65 Å². The minimum atomic E-state index is 0.479. The van der Waals surface area contributed by atoms with Crippen LogP contribution in [0.15, 0.2) is 22.8 Å². The summed E-state index contributed by atoms with van der Waals surface area (Å²) >= 11 is 3.45. The molecule has 1 aliphatic rings. The van der Waals surface area contributed by atoms with E-state index < -0.39 is 0 Å². The molecule has 17 heavy (non-hydrogen) atoms. The molecule has 0 N–H and O–H groups in total. The van der Waals surface area contributed by atoms with Crippen molar-refractivity contribution in [2.75, 3.05) is 20.1 Å². The van der Waals surface area contributed by atoms with E-state index in [2.05, 4.69) is 38.0 Å². The highest BCUT2D eigenvalue weighted by Crippen LogP contribution is 2.24. The van der Waals surface area contributed by atoms with Crippen molar-refractivity contribution in [2.24, 2.45) is 0 Å². The van der Waals surface area contributed by atoms with Crippen LogP contribution >= 0.6 is 15.9 Å². The van der Waals surface area contributed by atoms with Crippen LogP contribution in [0, 0.1) is 0 Å². The topological polar surface area (TPSA) is 33.4 Å². The molecule has 4 nitrogen and oxygen atoms in total. The van der Waals surface area contributed by atoms with E-state index in [1.165, 1.54) is 19.4 Å². The molecule has 1 saturated heterocycles. The molecule has 0 bridgehead atoms. The summed E-state index contributed by atoms with van der Waals surface area (Å²) in [7, 11) is 2.17. The Morgan fingerprint density at radius 2 is 2.29 bits per heavy atom. The summed E-state index contributed by atoms with van der Waals surface area (Å²) in [6.45, 7) is 2.26. The van der Waals surface area contributed by atoms with Crippen molar-refractivity contribution in [3.63, 3.8) is 0 Å². The first-order valence-electron chi connectivity index (χ1n) is 5.93. The van der Waals surface area contributed by atoms with Crippen LogP contribution in [0.4, 0.5) is 0 Å². The SMILES string of the molecule is CN1CCCC(c2nc3ccc(Br)cn3n2)C1. The summed E-state index contributed by atoms with van der Waals surface area (Å²) in [5.41, 5.74) is 0.927. The highest BCUT2D eigenvalue weighted by atomic mass is 79.9. The van der Waals surface area contributed by atoms with Gasteiger partial charge in [0.15, 0.2) is 11.5 Å². The molecular formula is C12H15BrN4. The lowest BCUT2D eigenvalue weighted by Gasteiger charge is -2.27. The number of nitrogens with zero attached hydrogens (tertiary/aromatic N) is 4. The smallest absolute Gasteiger partial charge is 0.156 e. The van der Waals surface area contributed by atoms with Gasteiger partial charge in [-0.05, 0) is 54.5 Å². The fraction of sp³-hybridized carbons (Fsp3) is 0.500. The van der Waals surface area contributed by atoms with Gasteiger partial charge in [0.2, 0.25) is 0 Å². The maximum Gasteiger partial charge on any atom is 0.156 e. The van der Waals surface area contributed by atoms with Crippen LogP contribution in [0.5, 0.6) is 0 Å². The van der Waals surface area contributed by atoms with Gasteiger partial charge < -0.3 is 4.90 Å². The summed E-state index contributed by atoms with van der Waals surface area (Å²) in [5.74, 6) is 1.46. The zero-order valence-corrected chi connectivity index (χ0v) is 11.4. The number of likely N-dealkylation sites (N-methyl/N-ethyl adjacent to an activating group) is 1. The fourth-order valence-electron chi connectivity index (χ4n) is 2.43. The Hall–Kier alpha value is -0.940. The molecule has 0 spiro atoms. The molecule has 1 unspecified atom stereocenters. The third-order valence-corrected chi connectivity index (χ3v) is 3.77. The van der Waals surface area contributed by atoms with Gasteiger partial charge in [-0.25, -0.2) is 9.50 Å². The molecule has 2 aromatic heterocycles. The van der Waals surface area contributed by atoms with Gasteiger partial charge in [0, 0.05) is 23.1 Å². The summed E-state index contributed by atoms with van der Waals surface area (Å²) in [6, 6.07) is 3.99. The van der Waals surface area contributed by atoms with Gasteiger partial charge in [-0.2, -0.15) is 5.10 Å². The van der Waals surface area contributed by atoms with Crippen molar-refractivity contribution in [1.29, 1.82) is 0 Å². The van der Waals surface area contributed by atoms with Crippen LogP contribution < -0.4 is 0 Å². The van der Waals surface area contributed by atoms with E-state index in [4.69, 9.17) is 0 Å². The molecule has 90 valence electrons. The molecule has 0 aliphatic carbocycles. The van der Waals surface area contributed by atoms with Crippen molar-refractivity contribution in [1.82, 2.24) is 19.5 Å². The molecular weight excluding hydrogens is 280 g/mol. The summed E-state index contributed by atoms with van der Waals surface area (Å²) in [5, 5.41) is 4.58. The van der Waals surface area contributed by atoms with Crippen LogP contribution in [-0.4, -0.2) is 39.6 Å². The first-order valence-corrected chi connectivity index (χ1v) is 6.72. The predicted molar refractivity (Wildman–Crippen MR) is 70.2 cm³/mol. The number of halogens is 1. The summed E-state index contributed by atoms with van der Waals surface area (Å²) in [6.07, 6.45) is 4.39. The summed E-state index contributed by atoms with van der Waals surface area (Å²) in [4.78, 5) is 6.97. The Morgan fingerprint density at radius 3 is 3.12 bits per heavy atom. The Balaban J connectivity index is 1.94. The van der Waals surface area contributed by atoms with Crippen LogP contribution in [-0.2, 0) is 0 Å². The van der Waals surface area contributed by atoms with Crippen molar-refractivity contribution in [3.05, 3.63) is 28.6 Å². The second-order valence-electron chi connectivity index (χ2n) is 4.72. The largest absolute Gasteiger partial charge is 0.306 e. The second-order valence-corrected chi connectivity index (χ2v) is 5.64. The number of pyridine rings is 1. The van der Waals surface area contributed by atoms with Gasteiger partial charge in [-0.3, -0.25) is 0 Å². The Morgan fingerprint density at radius 1 is 1.41 bits per heavy atom. The molecule has 3 heterocycles. The van der Waals surface area contributed by atoms with Crippen LogP contribution in [0.1, 0.15) is 24.6 Å². The Kier molecular flexibility index (Phi) is 2.88. The van der Waals surface area contributed by atoms with Gasteiger partial charge in [0.25, 0.3) is 0 Å². The Bertz CT molecular complexity index is 536. The highest BCUT2D eigenvalue weighted by molar-refractivity contribution is 9.10. The van der Waals surface area contributed by atoms with Crippen LogP contribution in [0.2, 0.25) is 0 Å². The monoisotopic (exact) mass is 294 g/mol. The normalized spacial score (nSPS) is 22.1. The average Bonchev–Trinajstić information content (AvgIpc) is 2.72. The maximum absolute atomic E-state index is 4.62. The first-order chi connectivity index (χ1) is 8.22. The van der Waals surface area contributed by atoms with Gasteiger partial charge in [-0.15, -0.1) is 0 Å². The minimum absolute atomic E-state index is 0.479. The zero-order chi connectivity index (χ0) is 11.8. The van der Waals surface area contributed by atoms with Gasteiger partial charge >= 0.3 is 0 Å². The average molecular weight is 295 g/mol.